The first-order valence-electron chi connectivity index (χ1n) is 5.36. The number of nitrogen functional groups attached to an aromatic ring is 1. The molecule has 1 aromatic carbocycles. The summed E-state index contributed by atoms with van der Waals surface area (Å²) in [6.07, 6.45) is 2.32. The summed E-state index contributed by atoms with van der Waals surface area (Å²) in [6, 6.07) is 8.35. The Balaban J connectivity index is 2.08. The van der Waals surface area contributed by atoms with Crippen LogP contribution in [0.15, 0.2) is 30.3 Å². The lowest BCUT2D eigenvalue weighted by Gasteiger charge is -2.04. The molecule has 0 bridgehead atoms. The van der Waals surface area contributed by atoms with Gasteiger partial charge in [0.1, 0.15) is 17.3 Å². The van der Waals surface area contributed by atoms with Crippen molar-refractivity contribution in [3.8, 4) is 5.69 Å². The summed E-state index contributed by atoms with van der Waals surface area (Å²) in [5.74, 6) is 0.710. The van der Waals surface area contributed by atoms with Gasteiger partial charge in [-0.3, -0.25) is 0 Å². The van der Waals surface area contributed by atoms with E-state index in [4.69, 9.17) is 5.73 Å². The molecular weight excluding hydrogens is 205 g/mol. The van der Waals surface area contributed by atoms with Crippen LogP contribution in [-0.4, -0.2) is 9.78 Å². The summed E-state index contributed by atoms with van der Waals surface area (Å²) in [5.41, 5.74) is 7.22. The molecule has 3 rings (SSSR count). The number of nitrogens with zero attached hydrogens (tertiary/aromatic N) is 2. The first kappa shape index (κ1) is 9.39. The molecular formula is C12H12FN3. The molecule has 1 saturated carbocycles. The third kappa shape index (κ3) is 1.46. The average molecular weight is 217 g/mol. The number of hydrogen-bond donors (Lipinski definition) is 1. The molecule has 3 nitrogen and oxygen atoms in total. The number of aromatic nitrogens is 2. The molecule has 0 amide bonds. The molecule has 0 radical (unpaired) electrons. The zero-order valence-corrected chi connectivity index (χ0v) is 8.73. The van der Waals surface area contributed by atoms with Crippen molar-refractivity contribution in [2.45, 2.75) is 18.8 Å². The molecule has 1 aliphatic carbocycles. The van der Waals surface area contributed by atoms with E-state index < -0.39 is 0 Å². The van der Waals surface area contributed by atoms with Gasteiger partial charge in [-0.15, -0.1) is 0 Å². The summed E-state index contributed by atoms with van der Waals surface area (Å²) in [4.78, 5) is 0. The van der Waals surface area contributed by atoms with E-state index in [0.717, 1.165) is 18.5 Å². The van der Waals surface area contributed by atoms with Crippen molar-refractivity contribution in [2.24, 2.45) is 0 Å². The van der Waals surface area contributed by atoms with E-state index in [0.29, 0.717) is 17.4 Å². The molecule has 0 spiro atoms. The molecule has 0 saturated heterocycles. The zero-order chi connectivity index (χ0) is 11.1. The SMILES string of the molecule is Nc1cc(C2CC2)nn1-c1ccccc1F. The largest absolute Gasteiger partial charge is 0.384 e. The van der Waals surface area contributed by atoms with Crippen LogP contribution >= 0.6 is 0 Å². The smallest absolute Gasteiger partial charge is 0.148 e. The van der Waals surface area contributed by atoms with Crippen LogP contribution < -0.4 is 5.73 Å². The maximum Gasteiger partial charge on any atom is 0.148 e. The lowest BCUT2D eigenvalue weighted by Crippen LogP contribution is -2.03. The zero-order valence-electron chi connectivity index (χ0n) is 8.73. The van der Waals surface area contributed by atoms with E-state index in [9.17, 15) is 4.39 Å². The lowest BCUT2D eigenvalue weighted by molar-refractivity contribution is 0.611. The van der Waals surface area contributed by atoms with Crippen LogP contribution in [0.1, 0.15) is 24.5 Å². The van der Waals surface area contributed by atoms with Crippen molar-refractivity contribution in [1.82, 2.24) is 9.78 Å². The molecule has 2 aromatic rings. The minimum Gasteiger partial charge on any atom is -0.384 e. The summed E-state index contributed by atoms with van der Waals surface area (Å²) >= 11 is 0. The Morgan fingerprint density at radius 2 is 2.06 bits per heavy atom. The van der Waals surface area contributed by atoms with Crippen molar-refractivity contribution < 1.29 is 4.39 Å². The molecule has 1 heterocycles. The number of hydrogen-bond acceptors (Lipinski definition) is 2. The van der Waals surface area contributed by atoms with Gasteiger partial charge >= 0.3 is 0 Å². The minimum atomic E-state index is -0.306. The van der Waals surface area contributed by atoms with Crippen LogP contribution in [0.3, 0.4) is 0 Å². The Kier molecular flexibility index (Phi) is 1.96. The van der Waals surface area contributed by atoms with Gasteiger partial charge in [-0.2, -0.15) is 5.10 Å². The van der Waals surface area contributed by atoms with Gasteiger partial charge < -0.3 is 5.73 Å². The maximum absolute atomic E-state index is 13.6. The molecule has 0 aliphatic heterocycles. The van der Waals surface area contributed by atoms with E-state index >= 15 is 0 Å². The predicted octanol–water partition coefficient (Wildman–Crippen LogP) is 2.47. The second-order valence-electron chi connectivity index (χ2n) is 4.13. The average Bonchev–Trinajstić information content (AvgIpc) is 3.04. The van der Waals surface area contributed by atoms with Gasteiger partial charge in [-0.05, 0) is 25.0 Å². The molecule has 0 atom stereocenters. The number of rotatable bonds is 2. The van der Waals surface area contributed by atoms with Crippen molar-refractivity contribution in [1.29, 1.82) is 0 Å². The van der Waals surface area contributed by atoms with Crippen molar-refractivity contribution >= 4 is 5.82 Å². The predicted molar refractivity (Wildman–Crippen MR) is 59.9 cm³/mol. The highest BCUT2D eigenvalue weighted by Gasteiger charge is 2.27. The minimum absolute atomic E-state index is 0.306. The van der Waals surface area contributed by atoms with Crippen molar-refractivity contribution in [3.05, 3.63) is 41.8 Å². The Bertz CT molecular complexity index is 529. The second kappa shape index (κ2) is 3.33. The Morgan fingerprint density at radius 1 is 1.31 bits per heavy atom. The molecule has 2 N–H and O–H groups in total. The van der Waals surface area contributed by atoms with E-state index in [2.05, 4.69) is 5.10 Å². The molecule has 1 fully saturated rings. The van der Waals surface area contributed by atoms with Gasteiger partial charge in [0, 0.05) is 12.0 Å². The summed E-state index contributed by atoms with van der Waals surface area (Å²) in [6.45, 7) is 0. The summed E-state index contributed by atoms with van der Waals surface area (Å²) in [5, 5.41) is 4.35. The van der Waals surface area contributed by atoms with Gasteiger partial charge in [0.25, 0.3) is 0 Å². The van der Waals surface area contributed by atoms with Gasteiger partial charge in [0.2, 0.25) is 0 Å². The standard InChI is InChI=1S/C12H12FN3/c13-9-3-1-2-4-11(9)16-12(14)7-10(15-16)8-5-6-8/h1-4,7-8H,5-6,14H2. The van der Waals surface area contributed by atoms with Crippen LogP contribution in [0.25, 0.3) is 5.69 Å². The van der Waals surface area contributed by atoms with E-state index in [1.807, 2.05) is 6.07 Å². The van der Waals surface area contributed by atoms with Crippen LogP contribution in [0.5, 0.6) is 0 Å². The molecule has 16 heavy (non-hydrogen) atoms. The van der Waals surface area contributed by atoms with E-state index in [1.165, 1.54) is 10.7 Å². The Labute approximate surface area is 92.7 Å². The fourth-order valence-corrected chi connectivity index (χ4v) is 1.81. The highest BCUT2D eigenvalue weighted by molar-refractivity contribution is 5.44. The first-order chi connectivity index (χ1) is 7.75. The summed E-state index contributed by atoms with van der Waals surface area (Å²) in [7, 11) is 0. The third-order valence-corrected chi connectivity index (χ3v) is 2.83. The molecule has 1 aliphatic rings. The van der Waals surface area contributed by atoms with E-state index in [1.54, 1.807) is 18.2 Å². The van der Waals surface area contributed by atoms with Gasteiger partial charge in [0.05, 0.1) is 5.69 Å². The van der Waals surface area contributed by atoms with E-state index in [-0.39, 0.29) is 5.82 Å². The molecule has 4 heteroatoms. The topological polar surface area (TPSA) is 43.8 Å². The monoisotopic (exact) mass is 217 g/mol. The normalized spacial score (nSPS) is 15.3. The Hall–Kier alpha value is -1.84. The maximum atomic E-state index is 13.6. The van der Waals surface area contributed by atoms with Gasteiger partial charge in [0.15, 0.2) is 0 Å². The lowest BCUT2D eigenvalue weighted by atomic mass is 10.3. The number of para-hydroxylation sites is 1. The quantitative estimate of drug-likeness (QED) is 0.839. The number of nitrogens with two attached hydrogens (primary N) is 1. The van der Waals surface area contributed by atoms with Gasteiger partial charge in [-0.25, -0.2) is 9.07 Å². The molecule has 82 valence electrons. The first-order valence-corrected chi connectivity index (χ1v) is 5.36. The highest BCUT2D eigenvalue weighted by atomic mass is 19.1. The van der Waals surface area contributed by atoms with Gasteiger partial charge in [-0.1, -0.05) is 12.1 Å². The molecule has 0 unspecified atom stereocenters. The number of anilines is 1. The number of benzene rings is 1. The Morgan fingerprint density at radius 3 is 2.75 bits per heavy atom. The van der Waals surface area contributed by atoms with Crippen LogP contribution in [0.4, 0.5) is 10.2 Å². The second-order valence-corrected chi connectivity index (χ2v) is 4.13. The van der Waals surface area contributed by atoms with Crippen molar-refractivity contribution in [2.75, 3.05) is 5.73 Å². The fourth-order valence-electron chi connectivity index (χ4n) is 1.81. The number of halogens is 1. The molecule has 1 aromatic heterocycles. The summed E-state index contributed by atoms with van der Waals surface area (Å²) < 4.78 is 15.0. The van der Waals surface area contributed by atoms with Crippen molar-refractivity contribution in [3.63, 3.8) is 0 Å². The van der Waals surface area contributed by atoms with Crippen LogP contribution in [0, 0.1) is 5.82 Å². The highest BCUT2D eigenvalue weighted by Crippen LogP contribution is 2.40. The fraction of sp³-hybridized carbons (Fsp3) is 0.250. The third-order valence-electron chi connectivity index (χ3n) is 2.83. The van der Waals surface area contributed by atoms with Crippen LogP contribution in [0.2, 0.25) is 0 Å². The van der Waals surface area contributed by atoms with Crippen LogP contribution in [-0.2, 0) is 0 Å².